The molecule has 0 heterocycles. The van der Waals surface area contributed by atoms with Crippen LogP contribution in [-0.4, -0.2) is 41.3 Å². The maximum atomic E-state index is 13.0. The molecule has 0 saturated carbocycles. The Kier molecular flexibility index (Phi) is 5.65. The lowest BCUT2D eigenvalue weighted by atomic mass is 10.0. The molecule has 4 N–H and O–H groups in total. The molecular weight excluding hydrogens is 320 g/mol. The molecule has 4 nitrogen and oxygen atoms in total. The predicted molar refractivity (Wildman–Crippen MR) is 63.0 cm³/mol. The van der Waals surface area contributed by atoms with Crippen LogP contribution in [-0.2, 0) is 0 Å². The van der Waals surface area contributed by atoms with Gasteiger partial charge in [-0.05, 0) is 17.7 Å². The SMILES string of the molecule is NCC(O)C(O)c1ccc(OC(F)(F)[C@H](F)C(F)(F)F)cc1. The molecule has 126 valence electrons. The minimum absolute atomic E-state index is 0.0706. The number of aliphatic hydroxyl groups excluding tert-OH is 2. The van der Waals surface area contributed by atoms with Crippen molar-refractivity contribution in [3.05, 3.63) is 29.8 Å². The summed E-state index contributed by atoms with van der Waals surface area (Å²) in [5, 5.41) is 18.9. The first kappa shape index (κ1) is 18.5. The summed E-state index contributed by atoms with van der Waals surface area (Å²) in [6.45, 7) is -0.271. The maximum absolute atomic E-state index is 13.0. The van der Waals surface area contributed by atoms with Crippen LogP contribution in [0.2, 0.25) is 0 Å². The number of nitrogens with two attached hydrogens (primary N) is 1. The lowest BCUT2D eigenvalue weighted by Gasteiger charge is -2.23. The van der Waals surface area contributed by atoms with Gasteiger partial charge in [0.05, 0.1) is 6.10 Å². The van der Waals surface area contributed by atoms with Crippen molar-refractivity contribution in [3.8, 4) is 5.75 Å². The second-order valence-corrected chi connectivity index (χ2v) is 4.38. The summed E-state index contributed by atoms with van der Waals surface area (Å²) in [5.41, 5.74) is 5.19. The Morgan fingerprint density at radius 2 is 1.55 bits per heavy atom. The van der Waals surface area contributed by atoms with Crippen molar-refractivity contribution in [3.63, 3.8) is 0 Å². The van der Waals surface area contributed by atoms with Crippen molar-refractivity contribution < 1.29 is 41.3 Å². The first-order chi connectivity index (χ1) is 9.99. The molecular formula is C12H13F6NO3. The zero-order chi connectivity index (χ0) is 17.1. The van der Waals surface area contributed by atoms with E-state index in [1.54, 1.807) is 0 Å². The van der Waals surface area contributed by atoms with Gasteiger partial charge in [0.2, 0.25) is 0 Å². The summed E-state index contributed by atoms with van der Waals surface area (Å²) in [7, 11) is 0. The van der Waals surface area contributed by atoms with Crippen LogP contribution in [0.15, 0.2) is 24.3 Å². The van der Waals surface area contributed by atoms with Crippen LogP contribution in [0.25, 0.3) is 0 Å². The van der Waals surface area contributed by atoms with Crippen molar-refractivity contribution in [2.75, 3.05) is 6.54 Å². The van der Waals surface area contributed by atoms with E-state index >= 15 is 0 Å². The standard InChI is InChI=1S/C12H13F6NO3/c13-10(11(14,15)16)12(17,18)22-7-3-1-6(2-4-7)9(21)8(20)5-19/h1-4,8-10,20-21H,5,19H2/t8?,9?,10-/m1/s1. The molecule has 1 aromatic rings. The molecule has 1 rings (SSSR count). The molecule has 0 aliphatic heterocycles. The van der Waals surface area contributed by atoms with E-state index in [1.807, 2.05) is 0 Å². The molecule has 0 spiro atoms. The van der Waals surface area contributed by atoms with E-state index < -0.39 is 36.4 Å². The molecule has 2 unspecified atom stereocenters. The number of rotatable bonds is 6. The quantitative estimate of drug-likeness (QED) is 0.695. The molecule has 0 amide bonds. The summed E-state index contributed by atoms with van der Waals surface area (Å²) in [6.07, 6.45) is -18.1. The number of hydrogen-bond acceptors (Lipinski definition) is 4. The maximum Gasteiger partial charge on any atom is 0.439 e. The lowest BCUT2D eigenvalue weighted by molar-refractivity contribution is -0.304. The smallest absolute Gasteiger partial charge is 0.430 e. The molecule has 1 aromatic carbocycles. The predicted octanol–water partition coefficient (Wildman–Crippen LogP) is 1.91. The minimum atomic E-state index is -5.77. The number of benzene rings is 1. The summed E-state index contributed by atoms with van der Waals surface area (Å²) in [5.74, 6) is -0.741. The molecule has 22 heavy (non-hydrogen) atoms. The topological polar surface area (TPSA) is 75.7 Å². The van der Waals surface area contributed by atoms with Crippen molar-refractivity contribution in [2.45, 2.75) is 30.7 Å². The molecule has 0 radical (unpaired) electrons. The van der Waals surface area contributed by atoms with Crippen LogP contribution >= 0.6 is 0 Å². The van der Waals surface area contributed by atoms with Gasteiger partial charge in [0, 0.05) is 6.54 Å². The second kappa shape index (κ2) is 6.71. The van der Waals surface area contributed by atoms with Crippen LogP contribution < -0.4 is 10.5 Å². The van der Waals surface area contributed by atoms with Crippen LogP contribution in [0.5, 0.6) is 5.75 Å². The molecule has 0 fully saturated rings. The van der Waals surface area contributed by atoms with Crippen LogP contribution in [0.1, 0.15) is 11.7 Å². The molecule has 10 heteroatoms. The molecule has 0 aromatic heterocycles. The van der Waals surface area contributed by atoms with Crippen molar-refractivity contribution >= 4 is 0 Å². The van der Waals surface area contributed by atoms with E-state index in [4.69, 9.17) is 5.73 Å². The fourth-order valence-electron chi connectivity index (χ4n) is 1.48. The van der Waals surface area contributed by atoms with Crippen molar-refractivity contribution in [1.82, 2.24) is 0 Å². The number of hydrogen-bond donors (Lipinski definition) is 3. The molecule has 0 saturated heterocycles. The van der Waals surface area contributed by atoms with Crippen molar-refractivity contribution in [1.29, 1.82) is 0 Å². The summed E-state index contributed by atoms with van der Waals surface area (Å²) in [6, 6.07) is 3.66. The van der Waals surface area contributed by atoms with E-state index in [0.29, 0.717) is 0 Å². The fourth-order valence-corrected chi connectivity index (χ4v) is 1.48. The number of aliphatic hydroxyl groups is 2. The monoisotopic (exact) mass is 333 g/mol. The van der Waals surface area contributed by atoms with Crippen LogP contribution in [0.4, 0.5) is 26.3 Å². The highest BCUT2D eigenvalue weighted by molar-refractivity contribution is 5.29. The Labute approximate surface area is 121 Å². The number of ether oxygens (including phenoxy) is 1. The van der Waals surface area contributed by atoms with Gasteiger partial charge in [0.1, 0.15) is 11.9 Å². The largest absolute Gasteiger partial charge is 0.439 e. The third-order valence-electron chi connectivity index (χ3n) is 2.66. The second-order valence-electron chi connectivity index (χ2n) is 4.38. The van der Waals surface area contributed by atoms with Gasteiger partial charge >= 0.3 is 12.3 Å². The number of alkyl halides is 6. The summed E-state index contributed by atoms with van der Waals surface area (Å²) in [4.78, 5) is 0. The summed E-state index contributed by atoms with van der Waals surface area (Å²) >= 11 is 0. The van der Waals surface area contributed by atoms with E-state index in [2.05, 4.69) is 4.74 Å². The third-order valence-corrected chi connectivity index (χ3v) is 2.66. The average Bonchev–Trinajstić information content (AvgIpc) is 2.44. The van der Waals surface area contributed by atoms with Gasteiger partial charge in [-0.1, -0.05) is 12.1 Å². The summed E-state index contributed by atoms with van der Waals surface area (Å²) < 4.78 is 78.2. The first-order valence-corrected chi connectivity index (χ1v) is 5.92. The van der Waals surface area contributed by atoms with Gasteiger partial charge in [-0.2, -0.15) is 22.0 Å². The zero-order valence-corrected chi connectivity index (χ0v) is 10.9. The van der Waals surface area contributed by atoms with Crippen LogP contribution in [0, 0.1) is 0 Å². The van der Waals surface area contributed by atoms with Gasteiger partial charge in [0.15, 0.2) is 0 Å². The highest BCUT2D eigenvalue weighted by atomic mass is 19.4. The van der Waals surface area contributed by atoms with E-state index in [-0.39, 0.29) is 12.1 Å². The minimum Gasteiger partial charge on any atom is -0.430 e. The van der Waals surface area contributed by atoms with E-state index in [9.17, 15) is 36.6 Å². The van der Waals surface area contributed by atoms with Gasteiger partial charge in [-0.25, -0.2) is 4.39 Å². The van der Waals surface area contributed by atoms with E-state index in [0.717, 1.165) is 24.3 Å². The lowest BCUT2D eigenvalue weighted by Crippen LogP contribution is -2.45. The third kappa shape index (κ3) is 4.49. The van der Waals surface area contributed by atoms with Gasteiger partial charge in [-0.15, -0.1) is 0 Å². The van der Waals surface area contributed by atoms with Gasteiger partial charge in [-0.3, -0.25) is 0 Å². The highest BCUT2D eigenvalue weighted by Crippen LogP contribution is 2.36. The van der Waals surface area contributed by atoms with E-state index in [1.165, 1.54) is 0 Å². The Bertz CT molecular complexity index is 479. The van der Waals surface area contributed by atoms with Crippen LogP contribution in [0.3, 0.4) is 0 Å². The molecule has 0 bridgehead atoms. The molecule has 0 aliphatic carbocycles. The molecule has 3 atom stereocenters. The highest BCUT2D eigenvalue weighted by Gasteiger charge is 2.59. The Hall–Kier alpha value is -1.52. The van der Waals surface area contributed by atoms with Gasteiger partial charge < -0.3 is 20.7 Å². The number of halogens is 6. The fraction of sp³-hybridized carbons (Fsp3) is 0.500. The van der Waals surface area contributed by atoms with Crippen molar-refractivity contribution in [2.24, 2.45) is 5.73 Å². The molecule has 0 aliphatic rings. The Balaban J connectivity index is 2.84. The van der Waals surface area contributed by atoms with Gasteiger partial charge in [0.25, 0.3) is 6.17 Å². The Morgan fingerprint density at radius 3 is 1.95 bits per heavy atom. The first-order valence-electron chi connectivity index (χ1n) is 5.92. The zero-order valence-electron chi connectivity index (χ0n) is 10.9. The normalized spacial score (nSPS) is 17.0. The average molecular weight is 333 g/mol. The Morgan fingerprint density at radius 1 is 1.05 bits per heavy atom.